The van der Waals surface area contributed by atoms with Crippen LogP contribution >= 0.6 is 0 Å². The van der Waals surface area contributed by atoms with Crippen LogP contribution in [-0.2, 0) is 14.2 Å². The van der Waals surface area contributed by atoms with Gasteiger partial charge in [-0.25, -0.2) is 14.2 Å². The Bertz CT molecular complexity index is 1440. The van der Waals surface area contributed by atoms with Crippen LogP contribution in [-0.4, -0.2) is 65.9 Å². The number of amides is 1. The highest BCUT2D eigenvalue weighted by atomic mass is 19.1. The summed E-state index contributed by atoms with van der Waals surface area (Å²) < 4.78 is 36.8. The quantitative estimate of drug-likeness (QED) is 0.374. The van der Waals surface area contributed by atoms with Crippen molar-refractivity contribution in [3.8, 4) is 28.3 Å². The van der Waals surface area contributed by atoms with E-state index in [4.69, 9.17) is 14.2 Å². The molecule has 0 bridgehead atoms. The Hall–Kier alpha value is -3.99. The van der Waals surface area contributed by atoms with Crippen LogP contribution in [0.5, 0.6) is 5.88 Å². The number of rotatable bonds is 5. The summed E-state index contributed by atoms with van der Waals surface area (Å²) >= 11 is 0. The Labute approximate surface area is 211 Å². The molecule has 10 heteroatoms. The van der Waals surface area contributed by atoms with Gasteiger partial charge in [0.15, 0.2) is 17.8 Å². The van der Waals surface area contributed by atoms with Gasteiger partial charge in [0.05, 0.1) is 31.4 Å². The van der Waals surface area contributed by atoms with Crippen molar-refractivity contribution in [3.05, 3.63) is 66.5 Å². The van der Waals surface area contributed by atoms with E-state index >= 15 is 4.39 Å². The van der Waals surface area contributed by atoms with E-state index in [-0.39, 0.29) is 24.5 Å². The maximum absolute atomic E-state index is 15.0. The van der Waals surface area contributed by atoms with Crippen molar-refractivity contribution in [2.45, 2.75) is 24.4 Å². The molecule has 2 fully saturated rings. The largest absolute Gasteiger partial charge is 0.470 e. The molecule has 1 unspecified atom stereocenters. The summed E-state index contributed by atoms with van der Waals surface area (Å²) in [5.74, 6) is -0.0304. The standard InChI is InChI=1S/C27H24FN3O6/c1-34-27(33)29-17-8-6-15(7-9-17)14-2-4-16(5-3-14)24-18(28)10-19-20(31-24)11-23(30-19)37-22-13-36-25-21(32)12-35-26(22)25/h2-11,21-22,25-26,30,32H,12-13H2,1H3,(H,29,33)/t21-,22-,25?,26-/m1/s1. The number of carbonyl (C=O) groups excluding carboxylic acids is 1. The zero-order chi connectivity index (χ0) is 25.5. The second kappa shape index (κ2) is 9.47. The summed E-state index contributed by atoms with van der Waals surface area (Å²) in [5, 5.41) is 12.5. The van der Waals surface area contributed by atoms with Gasteiger partial charge in [-0.15, -0.1) is 0 Å². The summed E-state index contributed by atoms with van der Waals surface area (Å²) in [6.45, 7) is 0.514. The van der Waals surface area contributed by atoms with Crippen molar-refractivity contribution in [2.75, 3.05) is 25.6 Å². The van der Waals surface area contributed by atoms with Crippen LogP contribution in [0.2, 0.25) is 0 Å². The van der Waals surface area contributed by atoms with Crippen LogP contribution in [0, 0.1) is 5.82 Å². The first-order chi connectivity index (χ1) is 18.0. The average molecular weight is 506 g/mol. The minimum atomic E-state index is -0.658. The number of aromatic nitrogens is 2. The molecule has 3 N–H and O–H groups in total. The van der Waals surface area contributed by atoms with Crippen LogP contribution in [0.25, 0.3) is 33.4 Å². The van der Waals surface area contributed by atoms with Gasteiger partial charge in [-0.05, 0) is 23.3 Å². The molecule has 0 saturated carbocycles. The van der Waals surface area contributed by atoms with Crippen molar-refractivity contribution in [3.63, 3.8) is 0 Å². The molecule has 4 atom stereocenters. The average Bonchev–Trinajstić information content (AvgIpc) is 3.60. The molecule has 2 aromatic heterocycles. The number of aliphatic hydroxyl groups excluding tert-OH is 1. The number of halogens is 1. The molecule has 2 saturated heterocycles. The van der Waals surface area contributed by atoms with Gasteiger partial charge in [-0.1, -0.05) is 36.4 Å². The molecule has 0 radical (unpaired) electrons. The molecule has 37 heavy (non-hydrogen) atoms. The first kappa shape index (κ1) is 23.4. The molecular formula is C27H24FN3O6. The van der Waals surface area contributed by atoms with Crippen LogP contribution < -0.4 is 10.1 Å². The van der Waals surface area contributed by atoms with Crippen molar-refractivity contribution in [1.29, 1.82) is 0 Å². The second-order valence-corrected chi connectivity index (χ2v) is 8.98. The third-order valence-electron chi connectivity index (χ3n) is 6.60. The van der Waals surface area contributed by atoms with E-state index in [0.717, 1.165) is 11.1 Å². The number of pyridine rings is 1. The predicted octanol–water partition coefficient (Wildman–Crippen LogP) is 4.12. The fourth-order valence-electron chi connectivity index (χ4n) is 4.72. The van der Waals surface area contributed by atoms with E-state index in [1.807, 2.05) is 36.4 Å². The number of aromatic amines is 1. The van der Waals surface area contributed by atoms with E-state index in [1.54, 1.807) is 18.2 Å². The molecule has 0 aliphatic carbocycles. The van der Waals surface area contributed by atoms with Crippen LogP contribution in [0.3, 0.4) is 0 Å². The lowest BCUT2D eigenvalue weighted by molar-refractivity contribution is 0.00794. The zero-order valence-corrected chi connectivity index (χ0v) is 19.8. The number of benzene rings is 2. The highest BCUT2D eigenvalue weighted by molar-refractivity contribution is 5.85. The number of ether oxygens (including phenoxy) is 4. The SMILES string of the molecule is COC(=O)Nc1ccc(-c2ccc(-c3nc4cc(O[C@@H]5COC6[C@H](O)CO[C@@H]65)[nH]c4cc3F)cc2)cc1. The Morgan fingerprint density at radius 2 is 1.70 bits per heavy atom. The smallest absolute Gasteiger partial charge is 0.411 e. The number of methoxy groups -OCH3 is 1. The number of carbonyl (C=O) groups is 1. The molecule has 190 valence electrons. The summed E-state index contributed by atoms with van der Waals surface area (Å²) in [5.41, 5.74) is 4.43. The van der Waals surface area contributed by atoms with Crippen LogP contribution in [0.1, 0.15) is 0 Å². The van der Waals surface area contributed by atoms with Gasteiger partial charge >= 0.3 is 6.09 Å². The van der Waals surface area contributed by atoms with Crippen molar-refractivity contribution >= 4 is 22.8 Å². The number of fused-ring (bicyclic) bond motifs is 2. The molecule has 2 aliphatic rings. The molecule has 9 nitrogen and oxygen atoms in total. The molecule has 4 heterocycles. The van der Waals surface area contributed by atoms with Crippen LogP contribution in [0.15, 0.2) is 60.7 Å². The summed E-state index contributed by atoms with van der Waals surface area (Å²) in [4.78, 5) is 18.9. The lowest BCUT2D eigenvalue weighted by Crippen LogP contribution is -2.34. The van der Waals surface area contributed by atoms with Gasteiger partial charge in [0.25, 0.3) is 0 Å². The van der Waals surface area contributed by atoms with E-state index < -0.39 is 24.1 Å². The van der Waals surface area contributed by atoms with Gasteiger partial charge < -0.3 is 29.0 Å². The normalized spacial score (nSPS) is 22.7. The zero-order valence-electron chi connectivity index (χ0n) is 19.8. The third kappa shape index (κ3) is 4.50. The summed E-state index contributed by atoms with van der Waals surface area (Å²) in [6.07, 6.45) is -2.31. The molecule has 4 aromatic rings. The Morgan fingerprint density at radius 1 is 1.03 bits per heavy atom. The van der Waals surface area contributed by atoms with E-state index in [1.165, 1.54) is 13.2 Å². The second-order valence-electron chi connectivity index (χ2n) is 8.98. The maximum atomic E-state index is 15.0. The molecule has 2 aromatic carbocycles. The fourth-order valence-corrected chi connectivity index (χ4v) is 4.72. The Kier molecular flexibility index (Phi) is 5.99. The number of hydrogen-bond acceptors (Lipinski definition) is 7. The number of H-pyrrole nitrogens is 1. The molecule has 2 aliphatic heterocycles. The van der Waals surface area contributed by atoms with Crippen molar-refractivity contribution < 1.29 is 33.2 Å². The lowest BCUT2D eigenvalue weighted by atomic mass is 10.0. The van der Waals surface area contributed by atoms with E-state index in [2.05, 4.69) is 20.0 Å². The molecule has 0 spiro atoms. The predicted molar refractivity (Wildman–Crippen MR) is 133 cm³/mol. The Balaban J connectivity index is 1.20. The van der Waals surface area contributed by atoms with Gasteiger partial charge in [0.1, 0.15) is 24.0 Å². The number of hydrogen-bond donors (Lipinski definition) is 3. The monoisotopic (exact) mass is 505 g/mol. The molecule has 6 rings (SSSR count). The van der Waals surface area contributed by atoms with E-state index in [9.17, 15) is 9.90 Å². The lowest BCUT2D eigenvalue weighted by Gasteiger charge is -2.16. The first-order valence-corrected chi connectivity index (χ1v) is 11.8. The Morgan fingerprint density at radius 3 is 2.43 bits per heavy atom. The van der Waals surface area contributed by atoms with Gasteiger partial charge in [-0.3, -0.25) is 5.32 Å². The topological polar surface area (TPSA) is 115 Å². The number of aliphatic hydroxyl groups is 1. The number of nitrogens with one attached hydrogen (secondary N) is 2. The first-order valence-electron chi connectivity index (χ1n) is 11.8. The van der Waals surface area contributed by atoms with Gasteiger partial charge in [-0.2, -0.15) is 0 Å². The fraction of sp³-hybridized carbons (Fsp3) is 0.259. The molecular weight excluding hydrogens is 481 g/mol. The van der Waals surface area contributed by atoms with Crippen LogP contribution in [0.4, 0.5) is 14.9 Å². The third-order valence-corrected chi connectivity index (χ3v) is 6.60. The van der Waals surface area contributed by atoms with Crippen molar-refractivity contribution in [2.24, 2.45) is 0 Å². The number of anilines is 1. The van der Waals surface area contributed by atoms with Crippen molar-refractivity contribution in [1.82, 2.24) is 9.97 Å². The minimum absolute atomic E-state index is 0.217. The maximum Gasteiger partial charge on any atom is 0.411 e. The van der Waals surface area contributed by atoms with Gasteiger partial charge in [0.2, 0.25) is 0 Å². The molecule has 1 amide bonds. The van der Waals surface area contributed by atoms with Gasteiger partial charge in [0, 0.05) is 23.4 Å². The minimum Gasteiger partial charge on any atom is -0.470 e. The highest BCUT2D eigenvalue weighted by Gasteiger charge is 2.48. The highest BCUT2D eigenvalue weighted by Crippen LogP contribution is 2.32. The summed E-state index contributed by atoms with van der Waals surface area (Å²) in [6, 6.07) is 17.8. The van der Waals surface area contributed by atoms with E-state index in [0.29, 0.717) is 34.8 Å². The number of nitrogens with zero attached hydrogens (tertiary/aromatic N) is 1. The summed E-state index contributed by atoms with van der Waals surface area (Å²) in [7, 11) is 1.31.